The number of carbonyl (C=O) groups excluding carboxylic acids is 1. The third kappa shape index (κ3) is 3.94. The number of aryl methyl sites for hydroxylation is 1. The number of hydrogen-bond acceptors (Lipinski definition) is 4. The molecule has 0 bridgehead atoms. The standard InChI is InChI=1S/C21H27N3O4/c1-4-11-23(13-18(25)26)21(27)17-10-12-28-20(17)19-14(2)22-24(15(19)3)16-8-6-5-7-9-16/h5-9,17,20H,4,10-13H2,1-3H3,(H,25,26)/t17-,20-/m0/s1. The van der Waals surface area contributed by atoms with Gasteiger partial charge in [-0.1, -0.05) is 25.1 Å². The van der Waals surface area contributed by atoms with Crippen molar-refractivity contribution >= 4 is 11.9 Å². The van der Waals surface area contributed by atoms with E-state index < -0.39 is 18.0 Å². The third-order valence-corrected chi connectivity index (χ3v) is 5.17. The summed E-state index contributed by atoms with van der Waals surface area (Å²) in [4.78, 5) is 25.7. The average Bonchev–Trinajstić information content (AvgIpc) is 3.25. The molecule has 2 aromatic rings. The molecule has 0 spiro atoms. The Labute approximate surface area is 164 Å². The molecule has 1 N–H and O–H groups in total. The van der Waals surface area contributed by atoms with Crippen LogP contribution in [-0.4, -0.2) is 51.4 Å². The molecular formula is C21H27N3O4. The topological polar surface area (TPSA) is 84.7 Å². The first-order chi connectivity index (χ1) is 13.4. The lowest BCUT2D eigenvalue weighted by Crippen LogP contribution is -2.41. The molecule has 1 fully saturated rings. The Kier molecular flexibility index (Phi) is 6.14. The van der Waals surface area contributed by atoms with E-state index in [9.17, 15) is 9.59 Å². The zero-order chi connectivity index (χ0) is 20.3. The summed E-state index contributed by atoms with van der Waals surface area (Å²) < 4.78 is 7.84. The SMILES string of the molecule is CCCN(CC(=O)O)C(=O)[C@H]1CCO[C@@H]1c1c(C)nn(-c2ccccc2)c1C. The number of rotatable bonds is 7. The average molecular weight is 385 g/mol. The summed E-state index contributed by atoms with van der Waals surface area (Å²) in [6.07, 6.45) is 0.887. The number of ether oxygens (including phenoxy) is 1. The number of aliphatic carboxylic acids is 1. The van der Waals surface area contributed by atoms with Crippen LogP contribution < -0.4 is 0 Å². The van der Waals surface area contributed by atoms with E-state index in [2.05, 4.69) is 5.10 Å². The molecule has 1 aromatic heterocycles. The number of amides is 1. The van der Waals surface area contributed by atoms with Gasteiger partial charge in [-0.25, -0.2) is 4.68 Å². The number of aromatic nitrogens is 2. The smallest absolute Gasteiger partial charge is 0.323 e. The Morgan fingerprint density at radius 1 is 1.29 bits per heavy atom. The maximum Gasteiger partial charge on any atom is 0.323 e. The molecule has 7 heteroatoms. The Bertz CT molecular complexity index is 847. The Morgan fingerprint density at radius 2 is 2.00 bits per heavy atom. The van der Waals surface area contributed by atoms with E-state index >= 15 is 0 Å². The van der Waals surface area contributed by atoms with Gasteiger partial charge in [0.25, 0.3) is 0 Å². The van der Waals surface area contributed by atoms with Crippen molar-refractivity contribution in [2.45, 2.75) is 39.7 Å². The highest BCUT2D eigenvalue weighted by molar-refractivity contribution is 5.84. The Balaban J connectivity index is 1.92. The second-order valence-corrected chi connectivity index (χ2v) is 7.17. The number of para-hydroxylation sites is 1. The number of carboxylic acid groups (broad SMARTS) is 1. The van der Waals surface area contributed by atoms with Gasteiger partial charge in [0.05, 0.1) is 23.4 Å². The van der Waals surface area contributed by atoms with Crippen LogP contribution in [0.3, 0.4) is 0 Å². The first-order valence-electron chi connectivity index (χ1n) is 9.67. The van der Waals surface area contributed by atoms with Crippen molar-refractivity contribution in [3.63, 3.8) is 0 Å². The summed E-state index contributed by atoms with van der Waals surface area (Å²) in [5.74, 6) is -1.55. The largest absolute Gasteiger partial charge is 0.480 e. The van der Waals surface area contributed by atoms with Crippen LogP contribution in [-0.2, 0) is 14.3 Å². The maximum absolute atomic E-state index is 13.1. The first kappa shape index (κ1) is 20.1. The summed E-state index contributed by atoms with van der Waals surface area (Å²) in [5.41, 5.74) is 3.64. The van der Waals surface area contributed by atoms with Gasteiger partial charge in [-0.05, 0) is 38.8 Å². The van der Waals surface area contributed by atoms with Crippen LogP contribution in [0.4, 0.5) is 0 Å². The zero-order valence-corrected chi connectivity index (χ0v) is 16.6. The molecule has 3 rings (SSSR count). The third-order valence-electron chi connectivity index (χ3n) is 5.17. The van der Waals surface area contributed by atoms with Crippen LogP contribution in [0, 0.1) is 19.8 Å². The maximum atomic E-state index is 13.1. The number of carbonyl (C=O) groups is 2. The van der Waals surface area contributed by atoms with Gasteiger partial charge in [0.2, 0.25) is 5.91 Å². The Hall–Kier alpha value is -2.67. The lowest BCUT2D eigenvalue weighted by Gasteiger charge is -2.26. The number of hydrogen-bond donors (Lipinski definition) is 1. The normalized spacial score (nSPS) is 19.0. The minimum absolute atomic E-state index is 0.155. The summed E-state index contributed by atoms with van der Waals surface area (Å²) in [6.45, 7) is 6.46. The van der Waals surface area contributed by atoms with E-state index in [0.717, 1.165) is 22.6 Å². The van der Waals surface area contributed by atoms with Gasteiger partial charge in [0.1, 0.15) is 6.54 Å². The van der Waals surface area contributed by atoms with Gasteiger partial charge in [0.15, 0.2) is 0 Å². The van der Waals surface area contributed by atoms with E-state index in [-0.39, 0.29) is 12.5 Å². The minimum atomic E-state index is -0.999. The highest BCUT2D eigenvalue weighted by Gasteiger charge is 2.40. The van der Waals surface area contributed by atoms with Crippen molar-refractivity contribution in [2.75, 3.05) is 19.7 Å². The quantitative estimate of drug-likeness (QED) is 0.792. The second kappa shape index (κ2) is 8.56. The highest BCUT2D eigenvalue weighted by atomic mass is 16.5. The molecule has 0 unspecified atom stereocenters. The van der Waals surface area contributed by atoms with Crippen LogP contribution in [0.15, 0.2) is 30.3 Å². The molecule has 1 amide bonds. The van der Waals surface area contributed by atoms with E-state index in [0.29, 0.717) is 26.0 Å². The summed E-state index contributed by atoms with van der Waals surface area (Å²) in [5, 5.41) is 13.8. The van der Waals surface area contributed by atoms with E-state index in [1.807, 2.05) is 55.8 Å². The molecule has 2 heterocycles. The van der Waals surface area contributed by atoms with Crippen molar-refractivity contribution < 1.29 is 19.4 Å². The molecule has 1 aliphatic heterocycles. The van der Waals surface area contributed by atoms with Crippen molar-refractivity contribution in [1.82, 2.24) is 14.7 Å². The fourth-order valence-electron chi connectivity index (χ4n) is 3.95. The van der Waals surface area contributed by atoms with Gasteiger partial charge in [0, 0.05) is 24.4 Å². The lowest BCUT2D eigenvalue weighted by molar-refractivity contribution is -0.147. The number of carboxylic acids is 1. The fourth-order valence-corrected chi connectivity index (χ4v) is 3.95. The highest BCUT2D eigenvalue weighted by Crippen LogP contribution is 2.39. The van der Waals surface area contributed by atoms with Gasteiger partial charge in [-0.15, -0.1) is 0 Å². The minimum Gasteiger partial charge on any atom is -0.480 e. The molecule has 1 aliphatic rings. The van der Waals surface area contributed by atoms with Crippen LogP contribution in [0.5, 0.6) is 0 Å². The lowest BCUT2D eigenvalue weighted by atomic mass is 9.92. The molecule has 0 saturated carbocycles. The molecule has 1 saturated heterocycles. The van der Waals surface area contributed by atoms with Gasteiger partial charge in [-0.3, -0.25) is 9.59 Å². The zero-order valence-electron chi connectivity index (χ0n) is 16.6. The molecular weight excluding hydrogens is 358 g/mol. The fraction of sp³-hybridized carbons (Fsp3) is 0.476. The first-order valence-corrected chi connectivity index (χ1v) is 9.67. The van der Waals surface area contributed by atoms with Gasteiger partial charge in [-0.2, -0.15) is 5.10 Å². The van der Waals surface area contributed by atoms with E-state index in [4.69, 9.17) is 9.84 Å². The van der Waals surface area contributed by atoms with Crippen LogP contribution >= 0.6 is 0 Å². The molecule has 0 radical (unpaired) electrons. The van der Waals surface area contributed by atoms with Gasteiger partial charge >= 0.3 is 5.97 Å². The predicted octanol–water partition coefficient (Wildman–Crippen LogP) is 2.89. The molecule has 150 valence electrons. The monoisotopic (exact) mass is 385 g/mol. The number of nitrogens with zero attached hydrogens (tertiary/aromatic N) is 3. The number of benzene rings is 1. The predicted molar refractivity (Wildman–Crippen MR) is 104 cm³/mol. The van der Waals surface area contributed by atoms with Crippen molar-refractivity contribution in [2.24, 2.45) is 5.92 Å². The molecule has 2 atom stereocenters. The van der Waals surface area contributed by atoms with Crippen molar-refractivity contribution in [3.8, 4) is 5.69 Å². The second-order valence-electron chi connectivity index (χ2n) is 7.17. The summed E-state index contributed by atoms with van der Waals surface area (Å²) in [6, 6.07) is 9.83. The summed E-state index contributed by atoms with van der Waals surface area (Å²) in [7, 11) is 0. The van der Waals surface area contributed by atoms with E-state index in [1.165, 1.54) is 4.90 Å². The van der Waals surface area contributed by atoms with Gasteiger partial charge < -0.3 is 14.7 Å². The van der Waals surface area contributed by atoms with Crippen LogP contribution in [0.25, 0.3) is 5.69 Å². The van der Waals surface area contributed by atoms with E-state index in [1.54, 1.807) is 0 Å². The van der Waals surface area contributed by atoms with Crippen LogP contribution in [0.1, 0.15) is 42.8 Å². The Morgan fingerprint density at radius 3 is 2.64 bits per heavy atom. The molecule has 28 heavy (non-hydrogen) atoms. The van der Waals surface area contributed by atoms with Crippen molar-refractivity contribution in [3.05, 3.63) is 47.3 Å². The van der Waals surface area contributed by atoms with Crippen LogP contribution in [0.2, 0.25) is 0 Å². The molecule has 1 aromatic carbocycles. The molecule has 7 nitrogen and oxygen atoms in total. The summed E-state index contributed by atoms with van der Waals surface area (Å²) >= 11 is 0. The van der Waals surface area contributed by atoms with Crippen molar-refractivity contribution in [1.29, 1.82) is 0 Å². The molecule has 0 aliphatic carbocycles.